The highest BCUT2D eigenvalue weighted by Crippen LogP contribution is 2.29. The highest BCUT2D eigenvalue weighted by Gasteiger charge is 2.17. The first-order valence-electron chi connectivity index (χ1n) is 14.0. The molecule has 5 rings (SSSR count). The number of aryl methyl sites for hydroxylation is 1. The van der Waals surface area contributed by atoms with Gasteiger partial charge in [0.25, 0.3) is 0 Å². The van der Waals surface area contributed by atoms with Crippen LogP contribution in [0.4, 0.5) is 5.69 Å². The number of nitrogens with zero attached hydrogens (tertiary/aromatic N) is 2. The number of carbonyl (C=O) groups is 2. The Bertz CT molecular complexity index is 1650. The third kappa shape index (κ3) is 7.96. The minimum Gasteiger partial charge on any atom is -0.486 e. The largest absolute Gasteiger partial charge is 0.486 e. The molecule has 0 spiro atoms. The second-order valence-corrected chi connectivity index (χ2v) is 10.5. The van der Waals surface area contributed by atoms with Gasteiger partial charge in [-0.15, -0.1) is 0 Å². The van der Waals surface area contributed by atoms with Gasteiger partial charge in [-0.25, -0.2) is 4.98 Å². The maximum Gasteiger partial charge on any atom is 0.239 e. The Morgan fingerprint density at radius 3 is 2.16 bits per heavy atom. The minimum absolute atomic E-state index is 0.294. The van der Waals surface area contributed by atoms with Gasteiger partial charge >= 0.3 is 0 Å². The molecule has 0 radical (unpaired) electrons. The number of fused-ring (bicyclic) bond motifs is 1. The number of imidazole rings is 1. The van der Waals surface area contributed by atoms with E-state index < -0.39 is 0 Å². The number of hydrogen-bond acceptors (Lipinski definition) is 7. The van der Waals surface area contributed by atoms with E-state index in [-0.39, 0.29) is 11.2 Å². The highest BCUT2D eigenvalue weighted by molar-refractivity contribution is 7.99. The van der Waals surface area contributed by atoms with E-state index in [1.165, 1.54) is 11.8 Å². The number of aromatic nitrogens is 2. The molecule has 0 aliphatic heterocycles. The number of nitrogens with one attached hydrogen (secondary N) is 1. The van der Waals surface area contributed by atoms with Crippen molar-refractivity contribution in [2.45, 2.75) is 32.1 Å². The van der Waals surface area contributed by atoms with Gasteiger partial charge in [-0.2, -0.15) is 11.8 Å². The van der Waals surface area contributed by atoms with Crippen molar-refractivity contribution in [1.29, 1.82) is 0 Å². The Balaban J connectivity index is 0.00000207. The molecule has 9 heteroatoms. The molecule has 0 saturated heterocycles. The van der Waals surface area contributed by atoms with E-state index in [0.29, 0.717) is 30.9 Å². The standard InChI is InChI=1S/C32H30N4O4S.C2H6/c1-36-29-18-27(40-26-13-7-23(8-14-26)22-5-9-24(33)10-6-22)15-16-28(29)35-31(36)19-39-25-11-3-21(4-12-25)17-30(41-2)32(38)34-20-37;1-2/h3-16,18,20,30H,17,19,33H2,1-2H3,(H,34,37,38);1-2H3. The molecule has 0 fully saturated rings. The molecule has 0 bridgehead atoms. The van der Waals surface area contributed by atoms with Gasteiger partial charge in [0.2, 0.25) is 12.3 Å². The van der Waals surface area contributed by atoms with Crippen LogP contribution in [0.25, 0.3) is 22.2 Å². The second-order valence-electron chi connectivity index (χ2n) is 9.47. The molecule has 1 heterocycles. The second kappa shape index (κ2) is 14.9. The van der Waals surface area contributed by atoms with Crippen LogP contribution in [0.5, 0.6) is 17.2 Å². The molecule has 8 nitrogen and oxygen atoms in total. The molecular weight excluding hydrogens is 560 g/mol. The zero-order chi connectivity index (χ0) is 30.8. The first kappa shape index (κ1) is 31.2. The van der Waals surface area contributed by atoms with Crippen molar-refractivity contribution in [3.63, 3.8) is 0 Å². The van der Waals surface area contributed by atoms with Crippen molar-refractivity contribution in [3.8, 4) is 28.4 Å². The zero-order valence-electron chi connectivity index (χ0n) is 24.7. The lowest BCUT2D eigenvalue weighted by Crippen LogP contribution is -2.32. The van der Waals surface area contributed by atoms with Gasteiger partial charge in [0.1, 0.15) is 29.7 Å². The highest BCUT2D eigenvalue weighted by atomic mass is 32.2. The molecule has 0 saturated carbocycles. The summed E-state index contributed by atoms with van der Waals surface area (Å²) in [4.78, 5) is 27.3. The number of anilines is 1. The summed E-state index contributed by atoms with van der Waals surface area (Å²) >= 11 is 1.40. The average Bonchev–Trinajstić information content (AvgIpc) is 3.35. The summed E-state index contributed by atoms with van der Waals surface area (Å²) in [7, 11) is 1.95. The van der Waals surface area contributed by atoms with Crippen LogP contribution in [0.15, 0.2) is 91.0 Å². The molecular formula is C34H36N4O4S. The normalized spacial score (nSPS) is 11.3. The van der Waals surface area contributed by atoms with E-state index in [2.05, 4.69) is 5.32 Å². The molecule has 0 aliphatic rings. The van der Waals surface area contributed by atoms with Crippen LogP contribution in [0.3, 0.4) is 0 Å². The molecule has 3 N–H and O–H groups in total. The van der Waals surface area contributed by atoms with Gasteiger partial charge in [-0.05, 0) is 77.9 Å². The number of nitrogens with two attached hydrogens (primary N) is 1. The molecule has 1 aromatic heterocycles. The number of amides is 2. The Morgan fingerprint density at radius 1 is 0.930 bits per heavy atom. The lowest BCUT2D eigenvalue weighted by atomic mass is 10.1. The number of hydrogen-bond donors (Lipinski definition) is 2. The average molecular weight is 597 g/mol. The van der Waals surface area contributed by atoms with Gasteiger partial charge in [0.05, 0.1) is 16.3 Å². The van der Waals surface area contributed by atoms with Crippen LogP contribution in [0.1, 0.15) is 25.2 Å². The Kier molecular flexibility index (Phi) is 10.8. The number of carbonyl (C=O) groups excluding carboxylic acids is 2. The summed E-state index contributed by atoms with van der Waals surface area (Å²) < 4.78 is 14.1. The van der Waals surface area contributed by atoms with Gasteiger partial charge in [-0.1, -0.05) is 50.2 Å². The lowest BCUT2D eigenvalue weighted by molar-refractivity contribution is -0.124. The summed E-state index contributed by atoms with van der Waals surface area (Å²) in [6.07, 6.45) is 2.78. The number of benzene rings is 4. The SMILES string of the molecule is CC.CSC(Cc1ccc(OCc2nc3ccc(Oc4ccc(-c5ccc(N)cc5)cc4)cc3n2C)cc1)C(=O)NC=O. The van der Waals surface area contributed by atoms with Crippen LogP contribution in [0, 0.1) is 0 Å². The van der Waals surface area contributed by atoms with Gasteiger partial charge in [-0.3, -0.25) is 14.9 Å². The number of thioether (sulfide) groups is 1. The van der Waals surface area contributed by atoms with Crippen LogP contribution < -0.4 is 20.5 Å². The van der Waals surface area contributed by atoms with E-state index in [1.54, 1.807) is 0 Å². The summed E-state index contributed by atoms with van der Waals surface area (Å²) in [6.45, 7) is 4.29. The van der Waals surface area contributed by atoms with E-state index in [9.17, 15) is 9.59 Å². The van der Waals surface area contributed by atoms with Gasteiger partial charge in [0.15, 0.2) is 0 Å². The summed E-state index contributed by atoms with van der Waals surface area (Å²) in [5.41, 5.74) is 11.5. The van der Waals surface area contributed by atoms with E-state index >= 15 is 0 Å². The smallest absolute Gasteiger partial charge is 0.239 e. The number of ether oxygens (including phenoxy) is 2. The molecule has 1 unspecified atom stereocenters. The molecule has 4 aromatic carbocycles. The predicted molar refractivity (Wildman–Crippen MR) is 174 cm³/mol. The molecule has 43 heavy (non-hydrogen) atoms. The van der Waals surface area contributed by atoms with Crippen molar-refractivity contribution in [2.75, 3.05) is 12.0 Å². The fourth-order valence-electron chi connectivity index (χ4n) is 4.46. The van der Waals surface area contributed by atoms with Gasteiger partial charge < -0.3 is 19.8 Å². The third-order valence-corrected chi connectivity index (χ3v) is 7.72. The van der Waals surface area contributed by atoms with Crippen molar-refractivity contribution in [2.24, 2.45) is 7.05 Å². The van der Waals surface area contributed by atoms with Crippen molar-refractivity contribution < 1.29 is 19.1 Å². The van der Waals surface area contributed by atoms with E-state index in [0.717, 1.165) is 45.0 Å². The Hall–Kier alpha value is -4.76. The Labute approximate surface area is 256 Å². The fraction of sp³-hybridized carbons (Fsp3) is 0.206. The number of nitrogen functional groups attached to an aromatic ring is 1. The van der Waals surface area contributed by atoms with Crippen molar-refractivity contribution in [1.82, 2.24) is 14.9 Å². The topological polar surface area (TPSA) is 108 Å². The first-order valence-corrected chi connectivity index (χ1v) is 15.3. The third-order valence-electron chi connectivity index (χ3n) is 6.77. The lowest BCUT2D eigenvalue weighted by Gasteiger charge is -2.13. The first-order chi connectivity index (χ1) is 20.9. The van der Waals surface area contributed by atoms with E-state index in [1.807, 2.05) is 123 Å². The summed E-state index contributed by atoms with van der Waals surface area (Å²) in [5.74, 6) is 2.64. The summed E-state index contributed by atoms with van der Waals surface area (Å²) in [6, 6.07) is 29.1. The maximum atomic E-state index is 12.0. The van der Waals surface area contributed by atoms with E-state index in [4.69, 9.17) is 20.2 Å². The Morgan fingerprint density at radius 2 is 1.53 bits per heavy atom. The summed E-state index contributed by atoms with van der Waals surface area (Å²) in [5, 5.41) is 1.88. The molecule has 5 aromatic rings. The van der Waals surface area contributed by atoms with Crippen LogP contribution >= 0.6 is 11.8 Å². The van der Waals surface area contributed by atoms with Gasteiger partial charge in [0, 0.05) is 18.8 Å². The fourth-order valence-corrected chi connectivity index (χ4v) is 5.10. The van der Waals surface area contributed by atoms with Crippen molar-refractivity contribution >= 4 is 40.8 Å². The number of rotatable bonds is 11. The predicted octanol–water partition coefficient (Wildman–Crippen LogP) is 6.77. The molecule has 0 aliphatic carbocycles. The monoisotopic (exact) mass is 596 g/mol. The quantitative estimate of drug-likeness (QED) is 0.128. The van der Waals surface area contributed by atoms with Crippen molar-refractivity contribution in [3.05, 3.63) is 102 Å². The molecule has 2 amide bonds. The van der Waals surface area contributed by atoms with Crippen LogP contribution in [-0.4, -0.2) is 33.4 Å². The molecule has 222 valence electrons. The minimum atomic E-state index is -0.338. The maximum absolute atomic E-state index is 12.0. The van der Waals surface area contributed by atoms with Crippen LogP contribution in [-0.2, 0) is 29.7 Å². The molecule has 1 atom stereocenters. The zero-order valence-corrected chi connectivity index (χ0v) is 25.6. The van der Waals surface area contributed by atoms with Crippen LogP contribution in [0.2, 0.25) is 0 Å². The number of imide groups is 1.